The van der Waals surface area contributed by atoms with Gasteiger partial charge in [-0.3, -0.25) is 9.59 Å². The summed E-state index contributed by atoms with van der Waals surface area (Å²) in [7, 11) is 1.81. The number of aryl methyl sites for hydroxylation is 1. The molecule has 1 fully saturated rings. The molecular formula is C20H31N3O2. The van der Waals surface area contributed by atoms with Crippen LogP contribution in [0.4, 0.5) is 0 Å². The second-order valence-electron chi connectivity index (χ2n) is 6.82. The van der Waals surface area contributed by atoms with Gasteiger partial charge in [0.25, 0.3) is 0 Å². The minimum absolute atomic E-state index is 0.0529. The molecule has 5 heteroatoms. The Kier molecular flexibility index (Phi) is 7.00. The number of likely N-dealkylation sites (N-methyl/N-ethyl adjacent to an activating group) is 1. The van der Waals surface area contributed by atoms with Crippen LogP contribution in [0.5, 0.6) is 0 Å². The van der Waals surface area contributed by atoms with E-state index < -0.39 is 0 Å². The van der Waals surface area contributed by atoms with Crippen LogP contribution in [0.15, 0.2) is 24.3 Å². The van der Waals surface area contributed by atoms with Crippen molar-refractivity contribution in [3.05, 3.63) is 35.4 Å². The van der Waals surface area contributed by atoms with Gasteiger partial charge in [0, 0.05) is 26.6 Å². The van der Waals surface area contributed by atoms with Crippen molar-refractivity contribution < 1.29 is 9.59 Å². The predicted octanol–water partition coefficient (Wildman–Crippen LogP) is 2.36. The summed E-state index contributed by atoms with van der Waals surface area (Å²) in [6, 6.07) is 7.96. The molecule has 138 valence electrons. The fourth-order valence-electron chi connectivity index (χ4n) is 3.54. The number of benzene rings is 1. The van der Waals surface area contributed by atoms with Crippen molar-refractivity contribution in [3.63, 3.8) is 0 Å². The van der Waals surface area contributed by atoms with E-state index in [0.29, 0.717) is 19.4 Å². The lowest BCUT2D eigenvalue weighted by molar-refractivity contribution is -0.141. The molecule has 0 aliphatic carbocycles. The molecule has 1 N–H and O–H groups in total. The first-order chi connectivity index (χ1) is 12.0. The highest BCUT2D eigenvalue weighted by molar-refractivity contribution is 5.84. The molecule has 2 atom stereocenters. The van der Waals surface area contributed by atoms with Crippen LogP contribution in [-0.2, 0) is 9.59 Å². The van der Waals surface area contributed by atoms with Crippen molar-refractivity contribution in [1.29, 1.82) is 0 Å². The monoisotopic (exact) mass is 345 g/mol. The van der Waals surface area contributed by atoms with E-state index in [9.17, 15) is 9.59 Å². The zero-order valence-corrected chi connectivity index (χ0v) is 15.9. The largest absolute Gasteiger partial charge is 0.354 e. The van der Waals surface area contributed by atoms with Crippen molar-refractivity contribution >= 4 is 11.8 Å². The van der Waals surface area contributed by atoms with Gasteiger partial charge in [0.05, 0.1) is 12.0 Å². The van der Waals surface area contributed by atoms with Crippen molar-refractivity contribution in [3.8, 4) is 0 Å². The number of nitrogens with one attached hydrogen (secondary N) is 1. The number of likely N-dealkylation sites (tertiary alicyclic amines) is 1. The molecule has 1 saturated heterocycles. The molecule has 1 heterocycles. The molecule has 0 bridgehead atoms. The summed E-state index contributed by atoms with van der Waals surface area (Å²) in [5, 5.41) is 3.08. The number of hydrogen-bond donors (Lipinski definition) is 1. The molecule has 1 aromatic rings. The molecule has 0 saturated carbocycles. The van der Waals surface area contributed by atoms with Crippen molar-refractivity contribution in [1.82, 2.24) is 15.1 Å². The average Bonchev–Trinajstić information content (AvgIpc) is 2.61. The molecule has 2 rings (SSSR count). The van der Waals surface area contributed by atoms with Crippen molar-refractivity contribution in [2.45, 2.75) is 39.7 Å². The summed E-state index contributed by atoms with van der Waals surface area (Å²) >= 11 is 0. The number of amides is 2. The van der Waals surface area contributed by atoms with Crippen LogP contribution in [0.2, 0.25) is 0 Å². The maximum Gasteiger partial charge on any atom is 0.225 e. The Morgan fingerprint density at radius 1 is 1.24 bits per heavy atom. The van der Waals surface area contributed by atoms with Crippen LogP contribution in [0, 0.1) is 12.8 Å². The highest BCUT2D eigenvalue weighted by atomic mass is 16.2. The van der Waals surface area contributed by atoms with Gasteiger partial charge in [-0.2, -0.15) is 0 Å². The molecule has 5 nitrogen and oxygen atoms in total. The Balaban J connectivity index is 2.08. The van der Waals surface area contributed by atoms with Gasteiger partial charge in [-0.05, 0) is 32.0 Å². The van der Waals surface area contributed by atoms with Gasteiger partial charge >= 0.3 is 0 Å². The van der Waals surface area contributed by atoms with E-state index in [1.165, 1.54) is 5.56 Å². The number of nitrogens with zero attached hydrogens (tertiary/aromatic N) is 2. The number of hydrogen-bond acceptors (Lipinski definition) is 3. The smallest absolute Gasteiger partial charge is 0.225 e. The maximum absolute atomic E-state index is 12.8. The summed E-state index contributed by atoms with van der Waals surface area (Å²) in [5.41, 5.74) is 2.21. The lowest BCUT2D eigenvalue weighted by Crippen LogP contribution is -2.47. The normalized spacial score (nSPS) is 20.8. The van der Waals surface area contributed by atoms with Crippen LogP contribution < -0.4 is 5.32 Å². The Bertz CT molecular complexity index is 581. The summed E-state index contributed by atoms with van der Waals surface area (Å²) in [5.74, 6) is -0.0306. The molecule has 1 aliphatic rings. The molecule has 0 radical (unpaired) electrons. The number of carbonyl (C=O) groups excluding carboxylic acids is 2. The Hall–Kier alpha value is -1.88. The van der Waals surface area contributed by atoms with E-state index in [4.69, 9.17) is 0 Å². The third kappa shape index (κ3) is 4.82. The third-order valence-electron chi connectivity index (χ3n) is 5.24. The molecule has 1 aliphatic heterocycles. The van der Waals surface area contributed by atoms with E-state index in [1.807, 2.05) is 38.2 Å². The van der Waals surface area contributed by atoms with Gasteiger partial charge < -0.3 is 15.1 Å². The lowest BCUT2D eigenvalue weighted by Gasteiger charge is -2.38. The van der Waals surface area contributed by atoms with Crippen LogP contribution >= 0.6 is 0 Å². The van der Waals surface area contributed by atoms with Crippen LogP contribution in [0.3, 0.4) is 0 Å². The van der Waals surface area contributed by atoms with Crippen LogP contribution in [-0.4, -0.2) is 54.8 Å². The summed E-state index contributed by atoms with van der Waals surface area (Å²) in [6.07, 6.45) is 1.05. The first-order valence-corrected chi connectivity index (χ1v) is 9.30. The van der Waals surface area contributed by atoms with Gasteiger partial charge in [0.1, 0.15) is 0 Å². The molecule has 1 aromatic carbocycles. The van der Waals surface area contributed by atoms with Gasteiger partial charge in [-0.25, -0.2) is 0 Å². The topological polar surface area (TPSA) is 52.7 Å². The minimum atomic E-state index is -0.192. The predicted molar refractivity (Wildman–Crippen MR) is 100 cm³/mol. The Morgan fingerprint density at radius 3 is 2.48 bits per heavy atom. The van der Waals surface area contributed by atoms with Crippen LogP contribution in [0.1, 0.15) is 43.9 Å². The fourth-order valence-corrected chi connectivity index (χ4v) is 3.54. The van der Waals surface area contributed by atoms with E-state index >= 15 is 0 Å². The van der Waals surface area contributed by atoms with E-state index in [0.717, 1.165) is 25.2 Å². The third-order valence-corrected chi connectivity index (χ3v) is 5.24. The molecule has 25 heavy (non-hydrogen) atoms. The van der Waals surface area contributed by atoms with Gasteiger partial charge in [-0.1, -0.05) is 43.7 Å². The number of rotatable bonds is 7. The molecule has 0 unspecified atom stereocenters. The SMILES string of the molecule is CCN(CC)CCNC(=O)[C@@H]1CCC(=O)N(C)[C@@H]1c1ccc(C)cc1. The summed E-state index contributed by atoms with van der Waals surface area (Å²) in [4.78, 5) is 29.0. The van der Waals surface area contributed by atoms with E-state index in [-0.39, 0.29) is 23.8 Å². The highest BCUT2D eigenvalue weighted by Gasteiger charge is 2.38. The first-order valence-electron chi connectivity index (χ1n) is 9.30. The molecular weight excluding hydrogens is 314 g/mol. The van der Waals surface area contributed by atoms with Gasteiger partial charge in [0.15, 0.2) is 0 Å². The zero-order valence-electron chi connectivity index (χ0n) is 15.9. The number of carbonyl (C=O) groups is 2. The van der Waals surface area contributed by atoms with E-state index in [2.05, 4.69) is 24.1 Å². The second kappa shape index (κ2) is 8.99. The Morgan fingerprint density at radius 2 is 1.88 bits per heavy atom. The van der Waals surface area contributed by atoms with Crippen LogP contribution in [0.25, 0.3) is 0 Å². The molecule has 0 aromatic heterocycles. The lowest BCUT2D eigenvalue weighted by atomic mass is 9.83. The first kappa shape index (κ1) is 19.4. The second-order valence-corrected chi connectivity index (χ2v) is 6.82. The average molecular weight is 345 g/mol. The quantitative estimate of drug-likeness (QED) is 0.825. The highest BCUT2D eigenvalue weighted by Crippen LogP contribution is 2.35. The minimum Gasteiger partial charge on any atom is -0.354 e. The molecule has 2 amide bonds. The van der Waals surface area contributed by atoms with E-state index in [1.54, 1.807) is 4.90 Å². The fraction of sp³-hybridized carbons (Fsp3) is 0.600. The maximum atomic E-state index is 12.8. The van der Waals surface area contributed by atoms with Crippen molar-refractivity contribution in [2.75, 3.05) is 33.2 Å². The number of piperidine rings is 1. The Labute approximate surface area is 151 Å². The summed E-state index contributed by atoms with van der Waals surface area (Å²) < 4.78 is 0. The summed E-state index contributed by atoms with van der Waals surface area (Å²) in [6.45, 7) is 9.76. The standard InChI is InChI=1S/C20H31N3O2/c1-5-23(6-2)14-13-21-20(25)17-11-12-18(24)22(4)19(17)16-9-7-15(3)8-10-16/h7-10,17,19H,5-6,11-14H2,1-4H3,(H,21,25)/t17-,19-/m1/s1. The van der Waals surface area contributed by atoms with Gasteiger partial charge in [0.2, 0.25) is 11.8 Å². The zero-order chi connectivity index (χ0) is 18.4. The van der Waals surface area contributed by atoms with Gasteiger partial charge in [-0.15, -0.1) is 0 Å². The van der Waals surface area contributed by atoms with Crippen molar-refractivity contribution in [2.24, 2.45) is 5.92 Å². The molecule has 0 spiro atoms.